The van der Waals surface area contributed by atoms with Crippen LogP contribution in [-0.2, 0) is 23.8 Å². The van der Waals surface area contributed by atoms with Gasteiger partial charge in [0.25, 0.3) is 0 Å². The number of esters is 2. The Morgan fingerprint density at radius 3 is 1.84 bits per heavy atom. The predicted molar refractivity (Wildman–Crippen MR) is 94.5 cm³/mol. The first-order valence-electron chi connectivity index (χ1n) is 7.79. The van der Waals surface area contributed by atoms with E-state index in [1.165, 1.54) is 0 Å². The van der Waals surface area contributed by atoms with Gasteiger partial charge in [0.05, 0.1) is 19.8 Å². The number of rotatable bonds is 9. The Morgan fingerprint density at radius 2 is 1.40 bits per heavy atom. The van der Waals surface area contributed by atoms with Crippen molar-refractivity contribution >= 4 is 30.2 Å². The lowest BCUT2D eigenvalue weighted by atomic mass is 9.99. The van der Waals surface area contributed by atoms with Crippen LogP contribution in [0.2, 0.25) is 0 Å². The molecule has 0 saturated heterocycles. The van der Waals surface area contributed by atoms with Crippen LogP contribution in [0, 0.1) is 5.41 Å². The van der Waals surface area contributed by atoms with E-state index in [1.807, 2.05) is 0 Å². The molecule has 7 nitrogen and oxygen atoms in total. The summed E-state index contributed by atoms with van der Waals surface area (Å²) in [6.45, 7) is 5.89. The monoisotopic (exact) mass is 373 g/mol. The summed E-state index contributed by atoms with van der Waals surface area (Å²) < 4.78 is 20.3. The van der Waals surface area contributed by atoms with Crippen LogP contribution in [-0.4, -0.2) is 44.3 Å². The number of benzene rings is 1. The second-order valence-corrected chi connectivity index (χ2v) is 4.65. The summed E-state index contributed by atoms with van der Waals surface area (Å²) in [6.07, 6.45) is 0. The largest absolute Gasteiger partial charge is 0.484 e. The molecular formula is C17H24ClNO6. The molecule has 0 aliphatic heterocycles. The molecule has 0 aliphatic rings. The van der Waals surface area contributed by atoms with E-state index in [1.54, 1.807) is 45.0 Å². The molecule has 0 amide bonds. The maximum Gasteiger partial charge on any atom is 0.324 e. The van der Waals surface area contributed by atoms with Gasteiger partial charge in [-0.05, 0) is 38.5 Å². The van der Waals surface area contributed by atoms with Crippen LogP contribution in [0.15, 0.2) is 24.3 Å². The Hall–Kier alpha value is -2.28. The number of carbonyl (C=O) groups excluding carboxylic acids is 2. The van der Waals surface area contributed by atoms with Crippen molar-refractivity contribution in [2.24, 2.45) is 0 Å². The third-order valence-electron chi connectivity index (χ3n) is 2.95. The molecule has 8 heteroatoms. The first kappa shape index (κ1) is 22.7. The van der Waals surface area contributed by atoms with Gasteiger partial charge in [-0.1, -0.05) is 12.1 Å². The van der Waals surface area contributed by atoms with Crippen LogP contribution in [0.5, 0.6) is 5.75 Å². The zero-order chi connectivity index (χ0) is 17.9. The van der Waals surface area contributed by atoms with E-state index in [2.05, 4.69) is 0 Å². The van der Waals surface area contributed by atoms with Crippen molar-refractivity contribution in [1.29, 1.82) is 5.41 Å². The van der Waals surface area contributed by atoms with Crippen molar-refractivity contribution in [1.82, 2.24) is 0 Å². The summed E-state index contributed by atoms with van der Waals surface area (Å²) >= 11 is 0. The standard InChI is InChI=1S/C17H23NO6.ClH/c1-4-21-14(18)11-24-13-9-7-12(8-10-13)15(16(19)22-5-2)17(20)23-6-3;/h7-10,15,18H,4-6,11H2,1-3H3;1H. The quantitative estimate of drug-likeness (QED) is 0.309. The van der Waals surface area contributed by atoms with Crippen molar-refractivity contribution in [3.05, 3.63) is 29.8 Å². The average molecular weight is 374 g/mol. The first-order chi connectivity index (χ1) is 11.5. The van der Waals surface area contributed by atoms with Gasteiger partial charge in [0.15, 0.2) is 12.5 Å². The highest BCUT2D eigenvalue weighted by Crippen LogP contribution is 2.22. The summed E-state index contributed by atoms with van der Waals surface area (Å²) in [5, 5.41) is 7.48. The van der Waals surface area contributed by atoms with Gasteiger partial charge in [0.2, 0.25) is 5.90 Å². The number of halogens is 1. The second kappa shape index (κ2) is 12.1. The molecule has 1 rings (SSSR count). The van der Waals surface area contributed by atoms with Crippen molar-refractivity contribution in [3.8, 4) is 5.75 Å². The zero-order valence-corrected chi connectivity index (χ0v) is 15.4. The van der Waals surface area contributed by atoms with Gasteiger partial charge in [-0.3, -0.25) is 15.0 Å². The van der Waals surface area contributed by atoms with Crippen LogP contribution < -0.4 is 4.74 Å². The van der Waals surface area contributed by atoms with Crippen molar-refractivity contribution in [3.63, 3.8) is 0 Å². The Kier molecular flexibility index (Phi) is 11.0. The van der Waals surface area contributed by atoms with Crippen molar-refractivity contribution in [2.45, 2.75) is 26.7 Å². The highest BCUT2D eigenvalue weighted by atomic mass is 35.5. The summed E-state index contributed by atoms with van der Waals surface area (Å²) in [7, 11) is 0. The lowest BCUT2D eigenvalue weighted by Gasteiger charge is -2.15. The van der Waals surface area contributed by atoms with Crippen LogP contribution in [0.4, 0.5) is 0 Å². The summed E-state index contributed by atoms with van der Waals surface area (Å²) in [6, 6.07) is 6.41. The molecule has 1 aromatic rings. The minimum absolute atomic E-state index is 0. The van der Waals surface area contributed by atoms with Gasteiger partial charge in [0, 0.05) is 0 Å². The van der Waals surface area contributed by atoms with E-state index in [9.17, 15) is 9.59 Å². The molecule has 0 atom stereocenters. The highest BCUT2D eigenvalue weighted by molar-refractivity contribution is 6.00. The number of hydrogen-bond acceptors (Lipinski definition) is 7. The Labute approximate surface area is 153 Å². The fourth-order valence-electron chi connectivity index (χ4n) is 1.94. The van der Waals surface area contributed by atoms with Gasteiger partial charge < -0.3 is 18.9 Å². The summed E-state index contributed by atoms with van der Waals surface area (Å²) in [5.41, 5.74) is 0.458. The maximum absolute atomic E-state index is 12.0. The maximum atomic E-state index is 12.0. The fraction of sp³-hybridized carbons (Fsp3) is 0.471. The molecule has 0 aromatic heterocycles. The SMILES string of the molecule is CCOC(=N)COc1ccc(C(C(=O)OCC)C(=O)OCC)cc1.Cl. The van der Waals surface area contributed by atoms with Crippen molar-refractivity contribution < 1.29 is 28.5 Å². The molecule has 0 spiro atoms. The van der Waals surface area contributed by atoms with E-state index >= 15 is 0 Å². The summed E-state index contributed by atoms with van der Waals surface area (Å²) in [4.78, 5) is 24.1. The molecule has 0 bridgehead atoms. The van der Waals surface area contributed by atoms with Gasteiger partial charge >= 0.3 is 11.9 Å². The van der Waals surface area contributed by atoms with Gasteiger partial charge in [-0.15, -0.1) is 12.4 Å². The summed E-state index contributed by atoms with van der Waals surface area (Å²) in [5.74, 6) is -1.90. The molecule has 0 heterocycles. The van der Waals surface area contributed by atoms with E-state index in [4.69, 9.17) is 24.4 Å². The van der Waals surface area contributed by atoms with Crippen molar-refractivity contribution in [2.75, 3.05) is 26.4 Å². The lowest BCUT2D eigenvalue weighted by Crippen LogP contribution is -2.26. The molecule has 0 unspecified atom stereocenters. The molecular weight excluding hydrogens is 350 g/mol. The van der Waals surface area contributed by atoms with Gasteiger partial charge in [0.1, 0.15) is 5.75 Å². The number of hydrogen-bond donors (Lipinski definition) is 1. The third-order valence-corrected chi connectivity index (χ3v) is 2.95. The minimum atomic E-state index is -1.12. The minimum Gasteiger partial charge on any atom is -0.484 e. The topological polar surface area (TPSA) is 94.9 Å². The molecule has 140 valence electrons. The van der Waals surface area contributed by atoms with Crippen LogP contribution >= 0.6 is 12.4 Å². The molecule has 0 saturated carbocycles. The molecule has 1 N–H and O–H groups in total. The second-order valence-electron chi connectivity index (χ2n) is 4.65. The first-order valence-corrected chi connectivity index (χ1v) is 7.79. The smallest absolute Gasteiger partial charge is 0.324 e. The van der Waals surface area contributed by atoms with E-state index in [0.717, 1.165) is 0 Å². The van der Waals surface area contributed by atoms with Gasteiger partial charge in [-0.2, -0.15) is 0 Å². The highest BCUT2D eigenvalue weighted by Gasteiger charge is 2.31. The van der Waals surface area contributed by atoms with E-state index in [-0.39, 0.29) is 38.1 Å². The van der Waals surface area contributed by atoms with Crippen LogP contribution in [0.25, 0.3) is 0 Å². The Balaban J connectivity index is 0.00000576. The molecule has 0 radical (unpaired) electrons. The van der Waals surface area contributed by atoms with E-state index < -0.39 is 17.9 Å². The predicted octanol–water partition coefficient (Wildman–Crippen LogP) is 2.71. The average Bonchev–Trinajstić information content (AvgIpc) is 2.55. The molecule has 0 aliphatic carbocycles. The number of nitrogens with one attached hydrogen (secondary N) is 1. The van der Waals surface area contributed by atoms with Gasteiger partial charge in [-0.25, -0.2) is 0 Å². The number of ether oxygens (including phenoxy) is 4. The molecule has 0 fully saturated rings. The normalized spacial score (nSPS) is 9.76. The lowest BCUT2D eigenvalue weighted by molar-refractivity contribution is -0.156. The fourth-order valence-corrected chi connectivity index (χ4v) is 1.94. The third kappa shape index (κ3) is 7.43. The van der Waals surface area contributed by atoms with E-state index in [0.29, 0.717) is 17.9 Å². The molecule has 1 aromatic carbocycles. The van der Waals surface area contributed by atoms with Crippen LogP contribution in [0.3, 0.4) is 0 Å². The number of carbonyl (C=O) groups is 2. The zero-order valence-electron chi connectivity index (χ0n) is 14.6. The Morgan fingerprint density at radius 1 is 0.920 bits per heavy atom. The molecule has 25 heavy (non-hydrogen) atoms. The van der Waals surface area contributed by atoms with Crippen LogP contribution in [0.1, 0.15) is 32.3 Å². The Bertz CT molecular complexity index is 543.